The molecule has 9 heteroatoms. The maximum Gasteiger partial charge on any atom is 0.420 e. The summed E-state index contributed by atoms with van der Waals surface area (Å²) in [7, 11) is -2.68. The standard InChI is InChI=1S/C18H18N2O6S/c1-11-4-6-14(12(2)8-11)19-27(23,24)13-5-7-15-16(9-13)26-18(22)20(15)10-17(21)25-3/h4-9,19H,10H2,1-3H3. The third-order valence-corrected chi connectivity index (χ3v) is 5.45. The van der Waals surface area contributed by atoms with Crippen LogP contribution in [0.25, 0.3) is 11.1 Å². The zero-order chi connectivity index (χ0) is 19.8. The van der Waals surface area contributed by atoms with E-state index < -0.39 is 21.7 Å². The summed E-state index contributed by atoms with van der Waals surface area (Å²) in [5.74, 6) is -1.39. The molecule has 1 N–H and O–H groups in total. The highest BCUT2D eigenvalue weighted by Gasteiger charge is 2.19. The van der Waals surface area contributed by atoms with Crippen LogP contribution in [-0.2, 0) is 26.1 Å². The molecule has 142 valence electrons. The molecule has 0 aliphatic heterocycles. The Balaban J connectivity index is 1.99. The number of nitrogens with zero attached hydrogens (tertiary/aromatic N) is 1. The highest BCUT2D eigenvalue weighted by Crippen LogP contribution is 2.23. The largest absolute Gasteiger partial charge is 0.468 e. The molecule has 0 aliphatic carbocycles. The molecule has 0 atom stereocenters. The van der Waals surface area contributed by atoms with Crippen LogP contribution < -0.4 is 10.5 Å². The zero-order valence-corrected chi connectivity index (χ0v) is 15.8. The molecule has 0 radical (unpaired) electrons. The summed E-state index contributed by atoms with van der Waals surface area (Å²) in [6, 6.07) is 9.37. The van der Waals surface area contributed by atoms with Crippen molar-refractivity contribution in [2.45, 2.75) is 25.3 Å². The number of hydrogen-bond acceptors (Lipinski definition) is 6. The fraction of sp³-hybridized carbons (Fsp3) is 0.222. The predicted octanol–water partition coefficient (Wildman–Crippen LogP) is 2.19. The summed E-state index contributed by atoms with van der Waals surface area (Å²) in [5, 5.41) is 0. The minimum Gasteiger partial charge on any atom is -0.468 e. The van der Waals surface area contributed by atoms with Crippen molar-refractivity contribution in [1.29, 1.82) is 0 Å². The Morgan fingerprint density at radius 1 is 1.19 bits per heavy atom. The van der Waals surface area contributed by atoms with E-state index in [1.165, 1.54) is 25.3 Å². The van der Waals surface area contributed by atoms with E-state index in [9.17, 15) is 18.0 Å². The Morgan fingerprint density at radius 3 is 2.59 bits per heavy atom. The number of rotatable bonds is 5. The fourth-order valence-electron chi connectivity index (χ4n) is 2.69. The van der Waals surface area contributed by atoms with E-state index in [0.717, 1.165) is 15.7 Å². The van der Waals surface area contributed by atoms with Crippen molar-refractivity contribution in [1.82, 2.24) is 4.57 Å². The lowest BCUT2D eigenvalue weighted by Gasteiger charge is -2.11. The van der Waals surface area contributed by atoms with Gasteiger partial charge in [0.1, 0.15) is 6.54 Å². The lowest BCUT2D eigenvalue weighted by molar-refractivity contribution is -0.141. The molecule has 8 nitrogen and oxygen atoms in total. The van der Waals surface area contributed by atoms with Gasteiger partial charge in [0.25, 0.3) is 10.0 Å². The van der Waals surface area contributed by atoms with E-state index in [1.54, 1.807) is 19.1 Å². The van der Waals surface area contributed by atoms with Gasteiger partial charge in [0.05, 0.1) is 23.2 Å². The third kappa shape index (κ3) is 3.72. The van der Waals surface area contributed by atoms with Crippen LogP contribution in [0.2, 0.25) is 0 Å². The minimum atomic E-state index is -3.88. The molecule has 1 heterocycles. The van der Waals surface area contributed by atoms with Crippen LogP contribution in [0.4, 0.5) is 5.69 Å². The molecule has 3 aromatic rings. The number of oxazole rings is 1. The second kappa shape index (κ2) is 6.92. The number of anilines is 1. The van der Waals surface area contributed by atoms with Gasteiger partial charge >= 0.3 is 11.7 Å². The van der Waals surface area contributed by atoms with Crippen molar-refractivity contribution in [3.05, 3.63) is 58.1 Å². The van der Waals surface area contributed by atoms with Gasteiger partial charge in [-0.2, -0.15) is 0 Å². The summed E-state index contributed by atoms with van der Waals surface area (Å²) >= 11 is 0. The van der Waals surface area contributed by atoms with Gasteiger partial charge in [-0.3, -0.25) is 14.1 Å². The second-order valence-electron chi connectivity index (χ2n) is 6.08. The highest BCUT2D eigenvalue weighted by molar-refractivity contribution is 7.92. The number of fused-ring (bicyclic) bond motifs is 1. The fourth-order valence-corrected chi connectivity index (χ4v) is 3.83. The predicted molar refractivity (Wildman–Crippen MR) is 99.2 cm³/mol. The van der Waals surface area contributed by atoms with Crippen molar-refractivity contribution in [3.63, 3.8) is 0 Å². The van der Waals surface area contributed by atoms with Gasteiger partial charge in [-0.15, -0.1) is 0 Å². The summed E-state index contributed by atoms with van der Waals surface area (Å²) in [6.45, 7) is 3.40. The normalized spacial score (nSPS) is 11.5. The molecular weight excluding hydrogens is 372 g/mol. The number of aryl methyl sites for hydroxylation is 2. The SMILES string of the molecule is COC(=O)Cn1c(=O)oc2cc(S(=O)(=O)Nc3ccc(C)cc3C)ccc21. The van der Waals surface area contributed by atoms with Crippen LogP contribution in [0.3, 0.4) is 0 Å². The summed E-state index contributed by atoms with van der Waals surface area (Å²) in [4.78, 5) is 23.3. The van der Waals surface area contributed by atoms with Gasteiger partial charge in [-0.1, -0.05) is 17.7 Å². The van der Waals surface area contributed by atoms with Crippen LogP contribution in [0.1, 0.15) is 11.1 Å². The van der Waals surface area contributed by atoms with Crippen molar-refractivity contribution in [2.24, 2.45) is 0 Å². The average molecular weight is 390 g/mol. The number of carbonyl (C=O) groups is 1. The number of aromatic nitrogens is 1. The first-order chi connectivity index (χ1) is 12.7. The van der Waals surface area contributed by atoms with E-state index in [4.69, 9.17) is 4.42 Å². The summed E-state index contributed by atoms with van der Waals surface area (Å²) < 4.78 is 38.6. The Kier molecular flexibility index (Phi) is 4.79. The van der Waals surface area contributed by atoms with Crippen molar-refractivity contribution in [2.75, 3.05) is 11.8 Å². The molecule has 2 aromatic carbocycles. The molecule has 1 aromatic heterocycles. The van der Waals surface area contributed by atoms with Crippen molar-refractivity contribution in [3.8, 4) is 0 Å². The highest BCUT2D eigenvalue weighted by atomic mass is 32.2. The molecule has 0 saturated carbocycles. The summed E-state index contributed by atoms with van der Waals surface area (Å²) in [6.07, 6.45) is 0. The number of esters is 1. The Bertz CT molecular complexity index is 1190. The van der Waals surface area contributed by atoms with Gasteiger partial charge in [-0.05, 0) is 37.6 Å². The van der Waals surface area contributed by atoms with E-state index in [-0.39, 0.29) is 17.0 Å². The number of nitrogens with one attached hydrogen (secondary N) is 1. The maximum atomic E-state index is 12.7. The molecule has 0 unspecified atom stereocenters. The van der Waals surface area contributed by atoms with E-state index in [0.29, 0.717) is 11.2 Å². The Labute approximate surface area is 155 Å². The van der Waals surface area contributed by atoms with Crippen LogP contribution in [0.15, 0.2) is 50.5 Å². The van der Waals surface area contributed by atoms with Gasteiger partial charge in [0.15, 0.2) is 5.58 Å². The Morgan fingerprint density at radius 2 is 1.93 bits per heavy atom. The third-order valence-electron chi connectivity index (χ3n) is 4.09. The van der Waals surface area contributed by atoms with Gasteiger partial charge in [0.2, 0.25) is 0 Å². The van der Waals surface area contributed by atoms with E-state index in [1.807, 2.05) is 13.0 Å². The quantitative estimate of drug-likeness (QED) is 0.669. The van der Waals surface area contributed by atoms with Gasteiger partial charge in [-0.25, -0.2) is 13.2 Å². The topological polar surface area (TPSA) is 108 Å². The molecule has 0 aliphatic rings. The summed E-state index contributed by atoms with van der Waals surface area (Å²) in [5.41, 5.74) is 2.63. The molecule has 0 spiro atoms. The first-order valence-corrected chi connectivity index (χ1v) is 9.50. The Hall–Kier alpha value is -3.07. The lowest BCUT2D eigenvalue weighted by Crippen LogP contribution is -2.20. The zero-order valence-electron chi connectivity index (χ0n) is 15.0. The number of carbonyl (C=O) groups excluding carboxylic acids is 1. The number of sulfonamides is 1. The van der Waals surface area contributed by atoms with Gasteiger partial charge in [0, 0.05) is 6.07 Å². The van der Waals surface area contributed by atoms with Crippen LogP contribution in [0.5, 0.6) is 0 Å². The second-order valence-corrected chi connectivity index (χ2v) is 7.77. The maximum absolute atomic E-state index is 12.7. The smallest absolute Gasteiger partial charge is 0.420 e. The van der Waals surface area contributed by atoms with Crippen molar-refractivity contribution >= 4 is 32.8 Å². The lowest BCUT2D eigenvalue weighted by atomic mass is 10.1. The first-order valence-electron chi connectivity index (χ1n) is 8.01. The number of benzene rings is 2. The molecule has 0 fully saturated rings. The van der Waals surface area contributed by atoms with Crippen molar-refractivity contribution < 1.29 is 22.4 Å². The van der Waals surface area contributed by atoms with Crippen LogP contribution in [-0.4, -0.2) is 26.1 Å². The monoisotopic (exact) mass is 390 g/mol. The minimum absolute atomic E-state index is 0.0612. The van der Waals surface area contributed by atoms with E-state index >= 15 is 0 Å². The molecular formula is C18H18N2O6S. The molecule has 0 bridgehead atoms. The van der Waals surface area contributed by atoms with Crippen LogP contribution in [0, 0.1) is 13.8 Å². The molecule has 0 saturated heterocycles. The molecule has 0 amide bonds. The molecule has 3 rings (SSSR count). The first kappa shape index (κ1) is 18.7. The number of methoxy groups -OCH3 is 1. The average Bonchev–Trinajstić information content (AvgIpc) is 2.92. The number of ether oxygens (including phenoxy) is 1. The van der Waals surface area contributed by atoms with E-state index in [2.05, 4.69) is 9.46 Å². The van der Waals surface area contributed by atoms with Crippen LogP contribution >= 0.6 is 0 Å². The molecule has 27 heavy (non-hydrogen) atoms. The van der Waals surface area contributed by atoms with Gasteiger partial charge < -0.3 is 9.15 Å². The number of hydrogen-bond donors (Lipinski definition) is 1.